The molecule has 0 amide bonds. The molecule has 0 aliphatic rings. The number of hydrogen-bond acceptors (Lipinski definition) is 3. The highest BCUT2D eigenvalue weighted by Gasteiger charge is 2.04. The van der Waals surface area contributed by atoms with Gasteiger partial charge in [0.25, 0.3) is 0 Å². The van der Waals surface area contributed by atoms with E-state index in [2.05, 4.69) is 0 Å². The molecule has 1 heterocycles. The molecule has 17 heavy (non-hydrogen) atoms. The van der Waals surface area contributed by atoms with Crippen molar-refractivity contribution >= 4 is 0 Å². The average molecular weight is 235 g/mol. The first-order valence-electron chi connectivity index (χ1n) is 5.37. The van der Waals surface area contributed by atoms with Gasteiger partial charge in [-0.15, -0.1) is 0 Å². The monoisotopic (exact) mass is 235 g/mol. The van der Waals surface area contributed by atoms with E-state index in [0.29, 0.717) is 18.7 Å². The Kier molecular flexibility index (Phi) is 3.90. The van der Waals surface area contributed by atoms with Gasteiger partial charge in [-0.1, -0.05) is 6.07 Å². The molecule has 0 aliphatic carbocycles. The number of hydrogen-bond donors (Lipinski definition) is 1. The molecular formula is C13H14FNO2. The van der Waals surface area contributed by atoms with Crippen LogP contribution < -0.4 is 5.73 Å². The first-order chi connectivity index (χ1) is 8.29. The SMILES string of the molecule is NCc1ccc(F)c(COCc2ccco2)c1. The molecule has 0 aliphatic heterocycles. The first kappa shape index (κ1) is 11.8. The molecule has 2 rings (SSSR count). The number of furan rings is 1. The van der Waals surface area contributed by atoms with Crippen molar-refractivity contribution in [3.63, 3.8) is 0 Å². The smallest absolute Gasteiger partial charge is 0.129 e. The van der Waals surface area contributed by atoms with Gasteiger partial charge < -0.3 is 14.9 Å². The molecule has 0 bridgehead atoms. The van der Waals surface area contributed by atoms with E-state index in [9.17, 15) is 4.39 Å². The zero-order valence-electron chi connectivity index (χ0n) is 9.36. The standard InChI is InChI=1S/C13H14FNO2/c14-13-4-3-10(7-15)6-11(13)8-16-9-12-2-1-5-17-12/h1-6H,7-9,15H2. The molecule has 1 aromatic heterocycles. The van der Waals surface area contributed by atoms with Gasteiger partial charge in [0, 0.05) is 12.1 Å². The Hall–Kier alpha value is -1.65. The maximum absolute atomic E-state index is 13.4. The topological polar surface area (TPSA) is 48.4 Å². The fourth-order valence-corrected chi connectivity index (χ4v) is 1.52. The minimum absolute atomic E-state index is 0.209. The highest BCUT2D eigenvalue weighted by Crippen LogP contribution is 2.13. The predicted octanol–water partition coefficient (Wildman–Crippen LogP) is 2.59. The summed E-state index contributed by atoms with van der Waals surface area (Å²) >= 11 is 0. The van der Waals surface area contributed by atoms with Gasteiger partial charge in [-0.2, -0.15) is 0 Å². The lowest BCUT2D eigenvalue weighted by atomic mass is 10.1. The molecular weight excluding hydrogens is 221 g/mol. The predicted molar refractivity (Wildman–Crippen MR) is 61.5 cm³/mol. The van der Waals surface area contributed by atoms with Crippen LogP contribution in [0, 0.1) is 5.82 Å². The Morgan fingerprint density at radius 2 is 2.12 bits per heavy atom. The van der Waals surface area contributed by atoms with Crippen molar-refractivity contribution < 1.29 is 13.5 Å². The number of nitrogens with two attached hydrogens (primary N) is 1. The van der Waals surface area contributed by atoms with Crippen LogP contribution in [-0.2, 0) is 24.5 Å². The van der Waals surface area contributed by atoms with E-state index in [0.717, 1.165) is 11.3 Å². The third-order valence-corrected chi connectivity index (χ3v) is 2.43. The van der Waals surface area contributed by atoms with Crippen LogP contribution in [0.1, 0.15) is 16.9 Å². The summed E-state index contributed by atoms with van der Waals surface area (Å²) in [6.45, 7) is 0.936. The van der Waals surface area contributed by atoms with Crippen molar-refractivity contribution in [3.05, 3.63) is 59.3 Å². The summed E-state index contributed by atoms with van der Waals surface area (Å²) in [5, 5.41) is 0. The van der Waals surface area contributed by atoms with Crippen molar-refractivity contribution in [3.8, 4) is 0 Å². The third kappa shape index (κ3) is 3.15. The molecule has 4 heteroatoms. The van der Waals surface area contributed by atoms with Crippen LogP contribution in [0.15, 0.2) is 41.0 Å². The summed E-state index contributed by atoms with van der Waals surface area (Å²) in [5.41, 5.74) is 6.90. The molecule has 2 N–H and O–H groups in total. The Labute approximate surface area is 99.0 Å². The fraction of sp³-hybridized carbons (Fsp3) is 0.231. The average Bonchev–Trinajstić information content (AvgIpc) is 2.84. The molecule has 0 saturated carbocycles. The van der Waals surface area contributed by atoms with Crippen molar-refractivity contribution in [2.45, 2.75) is 19.8 Å². The minimum atomic E-state index is -0.276. The third-order valence-electron chi connectivity index (χ3n) is 2.43. The van der Waals surface area contributed by atoms with Crippen LogP contribution in [0.5, 0.6) is 0 Å². The maximum atomic E-state index is 13.4. The molecule has 0 unspecified atom stereocenters. The molecule has 0 saturated heterocycles. The van der Waals surface area contributed by atoms with Crippen LogP contribution in [0.2, 0.25) is 0 Å². The summed E-state index contributed by atoms with van der Waals surface area (Å²) in [6.07, 6.45) is 1.58. The molecule has 0 spiro atoms. The Bertz CT molecular complexity index is 468. The van der Waals surface area contributed by atoms with Gasteiger partial charge in [0.1, 0.15) is 18.2 Å². The lowest BCUT2D eigenvalue weighted by molar-refractivity contribution is 0.0908. The van der Waals surface area contributed by atoms with Crippen LogP contribution in [-0.4, -0.2) is 0 Å². The summed E-state index contributed by atoms with van der Waals surface area (Å²) in [6, 6.07) is 8.40. The summed E-state index contributed by atoms with van der Waals surface area (Å²) in [4.78, 5) is 0. The van der Waals surface area contributed by atoms with Crippen molar-refractivity contribution in [2.75, 3.05) is 0 Å². The summed E-state index contributed by atoms with van der Waals surface area (Å²) in [7, 11) is 0. The first-order valence-corrected chi connectivity index (χ1v) is 5.37. The van der Waals surface area contributed by atoms with E-state index in [1.165, 1.54) is 6.07 Å². The van der Waals surface area contributed by atoms with Crippen LogP contribution in [0.4, 0.5) is 4.39 Å². The van der Waals surface area contributed by atoms with Crippen molar-refractivity contribution in [1.82, 2.24) is 0 Å². The zero-order valence-corrected chi connectivity index (χ0v) is 9.36. The second-order valence-corrected chi connectivity index (χ2v) is 3.70. The number of ether oxygens (including phenoxy) is 1. The Morgan fingerprint density at radius 1 is 1.24 bits per heavy atom. The highest BCUT2D eigenvalue weighted by molar-refractivity contribution is 5.24. The number of benzene rings is 1. The normalized spacial score (nSPS) is 10.7. The maximum Gasteiger partial charge on any atom is 0.129 e. The van der Waals surface area contributed by atoms with Crippen LogP contribution in [0.3, 0.4) is 0 Å². The molecule has 1 aromatic carbocycles. The highest BCUT2D eigenvalue weighted by atomic mass is 19.1. The van der Waals surface area contributed by atoms with E-state index < -0.39 is 0 Å². The van der Waals surface area contributed by atoms with Crippen LogP contribution in [0.25, 0.3) is 0 Å². The second kappa shape index (κ2) is 5.61. The molecule has 0 fully saturated rings. The van der Waals surface area contributed by atoms with E-state index in [1.807, 2.05) is 6.07 Å². The molecule has 3 nitrogen and oxygen atoms in total. The zero-order chi connectivity index (χ0) is 12.1. The van der Waals surface area contributed by atoms with E-state index in [-0.39, 0.29) is 12.4 Å². The van der Waals surface area contributed by atoms with Gasteiger partial charge in [0.05, 0.1) is 12.9 Å². The van der Waals surface area contributed by atoms with E-state index in [1.54, 1.807) is 24.5 Å². The van der Waals surface area contributed by atoms with Gasteiger partial charge in [0.2, 0.25) is 0 Å². The second-order valence-electron chi connectivity index (χ2n) is 3.70. The molecule has 2 aromatic rings. The quantitative estimate of drug-likeness (QED) is 0.866. The summed E-state index contributed by atoms with van der Waals surface area (Å²) in [5.74, 6) is 0.446. The lowest BCUT2D eigenvalue weighted by Crippen LogP contribution is -2.01. The number of halogens is 1. The minimum Gasteiger partial charge on any atom is -0.467 e. The van der Waals surface area contributed by atoms with E-state index in [4.69, 9.17) is 14.9 Å². The van der Waals surface area contributed by atoms with Crippen LogP contribution >= 0.6 is 0 Å². The van der Waals surface area contributed by atoms with E-state index >= 15 is 0 Å². The summed E-state index contributed by atoms with van der Waals surface area (Å²) < 4.78 is 23.9. The van der Waals surface area contributed by atoms with Gasteiger partial charge in [-0.05, 0) is 29.8 Å². The molecule has 0 atom stereocenters. The Morgan fingerprint density at radius 3 is 2.82 bits per heavy atom. The molecule has 90 valence electrons. The fourth-order valence-electron chi connectivity index (χ4n) is 1.52. The van der Waals surface area contributed by atoms with Crippen molar-refractivity contribution in [2.24, 2.45) is 5.73 Å². The van der Waals surface area contributed by atoms with Gasteiger partial charge >= 0.3 is 0 Å². The van der Waals surface area contributed by atoms with Gasteiger partial charge in [0.15, 0.2) is 0 Å². The lowest BCUT2D eigenvalue weighted by Gasteiger charge is -2.06. The largest absolute Gasteiger partial charge is 0.467 e. The number of rotatable bonds is 5. The van der Waals surface area contributed by atoms with Crippen molar-refractivity contribution in [1.29, 1.82) is 0 Å². The molecule has 0 radical (unpaired) electrons. The van der Waals surface area contributed by atoms with Gasteiger partial charge in [-0.25, -0.2) is 4.39 Å². The van der Waals surface area contributed by atoms with Gasteiger partial charge in [-0.3, -0.25) is 0 Å². The Balaban J connectivity index is 1.94.